The molecule has 1 spiro atoms. The Kier molecular flexibility index (Phi) is 11.2. The number of piperazine rings is 1. The number of benzene rings is 2. The molecular weight excluding hydrogens is 927 g/mol. The summed E-state index contributed by atoms with van der Waals surface area (Å²) < 4.78 is 3.63. The van der Waals surface area contributed by atoms with Gasteiger partial charge in [0.25, 0.3) is 23.3 Å². The molecule has 3 N–H and O–H groups in total. The number of amides is 5. The van der Waals surface area contributed by atoms with Crippen molar-refractivity contribution in [1.29, 1.82) is 0 Å². The second-order valence-corrected chi connectivity index (χ2v) is 22.3. The van der Waals surface area contributed by atoms with Crippen LogP contribution in [0.25, 0.3) is 11.3 Å². The topological polar surface area (TPSA) is 199 Å². The standard InChI is InChI=1S/C55H61N11O7/c1-32-29-62(37-26-55(27-37)14-17-61(18-15-55)36-9-10-39-40(24-36)51(71)66(50(39)70)43-11-12-46(68)59-49(43)69)19-20-63(32)35-7-5-34(6-8-35)57-47-53(73)60(4)30-42(58-47)38-13-16-56-48(41(38)31-67)65-22-21-64-44(52(65)72)23-33-25-54(2,3)28-45(33)64/h5-10,13,16,23-24,30,32,37,43,67H,11-12,14-15,17-22,25-29,31H2,1-4H3,(H,57,58)(H,59,68,69)/t32-,43?/m0/s1. The second-order valence-electron chi connectivity index (χ2n) is 22.3. The lowest BCUT2D eigenvalue weighted by Gasteiger charge is -2.57. The van der Waals surface area contributed by atoms with Gasteiger partial charge in [0.05, 0.1) is 23.4 Å². The largest absolute Gasteiger partial charge is 0.392 e. The van der Waals surface area contributed by atoms with Gasteiger partial charge in [-0.3, -0.25) is 48.8 Å². The molecule has 5 aliphatic heterocycles. The Morgan fingerprint density at radius 1 is 0.822 bits per heavy atom. The number of nitrogens with one attached hydrogen (secondary N) is 2. The number of aryl methyl sites for hydroxylation is 1. The summed E-state index contributed by atoms with van der Waals surface area (Å²) in [6.07, 6.45) is 9.81. The average Bonchev–Trinajstić information content (AvgIpc) is 3.95. The Morgan fingerprint density at radius 2 is 1.58 bits per heavy atom. The highest BCUT2D eigenvalue weighted by Gasteiger charge is 2.49. The minimum atomic E-state index is -0.979. The first-order chi connectivity index (χ1) is 35.1. The van der Waals surface area contributed by atoms with E-state index < -0.39 is 29.7 Å². The van der Waals surface area contributed by atoms with Gasteiger partial charge in [-0.1, -0.05) is 13.8 Å². The van der Waals surface area contributed by atoms with E-state index in [4.69, 9.17) is 4.98 Å². The molecule has 18 nitrogen and oxygen atoms in total. The van der Waals surface area contributed by atoms with Crippen molar-refractivity contribution in [2.75, 3.05) is 59.3 Å². The predicted molar refractivity (Wildman–Crippen MR) is 274 cm³/mol. The molecule has 5 amide bonds. The monoisotopic (exact) mass is 987 g/mol. The zero-order valence-electron chi connectivity index (χ0n) is 41.8. The van der Waals surface area contributed by atoms with Crippen LogP contribution in [-0.4, -0.2) is 121 Å². The van der Waals surface area contributed by atoms with Crippen molar-refractivity contribution in [2.45, 2.75) is 103 Å². The minimum Gasteiger partial charge on any atom is -0.392 e. The van der Waals surface area contributed by atoms with Crippen LogP contribution >= 0.6 is 0 Å². The number of nitrogens with zero attached hydrogens (tertiary/aromatic N) is 9. The first kappa shape index (κ1) is 46.9. The Morgan fingerprint density at radius 3 is 2.32 bits per heavy atom. The zero-order chi connectivity index (χ0) is 50.7. The third kappa shape index (κ3) is 8.00. The van der Waals surface area contributed by atoms with Crippen LogP contribution in [0.5, 0.6) is 0 Å². The third-order valence-electron chi connectivity index (χ3n) is 17.0. The summed E-state index contributed by atoms with van der Waals surface area (Å²) in [5.74, 6) is -1.58. The maximum Gasteiger partial charge on any atom is 0.293 e. The molecule has 2 aliphatic carbocycles. The summed E-state index contributed by atoms with van der Waals surface area (Å²) in [4.78, 5) is 98.0. The molecule has 4 fully saturated rings. The molecule has 0 radical (unpaired) electrons. The van der Waals surface area contributed by atoms with Crippen LogP contribution in [0, 0.1) is 10.8 Å². The van der Waals surface area contributed by atoms with Crippen molar-refractivity contribution in [2.24, 2.45) is 17.9 Å². The molecule has 378 valence electrons. The molecule has 1 unspecified atom stereocenters. The fourth-order valence-corrected chi connectivity index (χ4v) is 13.1. The van der Waals surface area contributed by atoms with E-state index in [1.54, 1.807) is 42.5 Å². The number of pyridine rings is 1. The van der Waals surface area contributed by atoms with Crippen molar-refractivity contribution in [3.8, 4) is 11.3 Å². The molecule has 3 saturated heterocycles. The number of hydrogen-bond acceptors (Lipinski definition) is 13. The molecule has 18 heteroatoms. The van der Waals surface area contributed by atoms with Gasteiger partial charge >= 0.3 is 0 Å². The average molecular weight is 988 g/mol. The summed E-state index contributed by atoms with van der Waals surface area (Å²) >= 11 is 0. The van der Waals surface area contributed by atoms with Gasteiger partial charge in [0.15, 0.2) is 5.82 Å². The van der Waals surface area contributed by atoms with Crippen LogP contribution in [0.3, 0.4) is 0 Å². The summed E-state index contributed by atoms with van der Waals surface area (Å²) in [5.41, 5.74) is 8.16. The van der Waals surface area contributed by atoms with Gasteiger partial charge in [0.2, 0.25) is 11.8 Å². The summed E-state index contributed by atoms with van der Waals surface area (Å²) in [7, 11) is 1.67. The SMILES string of the molecule is C[C@H]1CN(C2CC3(CCN(c4ccc5c(c4)C(=O)N(C4CCC(=O)NC4=O)C5=O)CC3)C2)CCN1c1ccc(Nc2nc(-c3ccnc(N4CCn5c(cc6c5CC(C)(C)C6)C4=O)c3CO)cn(C)c2=O)cc1. The summed E-state index contributed by atoms with van der Waals surface area (Å²) in [6, 6.07) is 17.1. The van der Waals surface area contributed by atoms with Crippen molar-refractivity contribution >= 4 is 58.2 Å². The van der Waals surface area contributed by atoms with Crippen molar-refractivity contribution in [3.05, 3.63) is 111 Å². The molecule has 0 bridgehead atoms. The van der Waals surface area contributed by atoms with E-state index in [2.05, 4.69) is 67.8 Å². The Balaban J connectivity index is 0.656. The van der Waals surface area contributed by atoms with Crippen LogP contribution in [-0.2, 0) is 42.6 Å². The van der Waals surface area contributed by atoms with Gasteiger partial charge in [-0.05, 0) is 123 Å². The number of anilines is 5. The molecule has 3 aromatic heterocycles. The van der Waals surface area contributed by atoms with Crippen LogP contribution in [0.15, 0.2) is 71.8 Å². The van der Waals surface area contributed by atoms with Crippen LogP contribution < -0.4 is 30.9 Å². The normalized spacial score (nSPS) is 22.7. The number of carbonyl (C=O) groups excluding carboxylic acids is 5. The number of aromatic nitrogens is 4. The van der Waals surface area contributed by atoms with Crippen molar-refractivity contribution in [1.82, 2.24) is 34.2 Å². The van der Waals surface area contributed by atoms with E-state index in [1.807, 2.05) is 24.3 Å². The Hall–Kier alpha value is -7.18. The molecule has 2 aromatic carbocycles. The van der Waals surface area contributed by atoms with Crippen molar-refractivity contribution in [3.63, 3.8) is 0 Å². The van der Waals surface area contributed by atoms with E-state index in [-0.39, 0.29) is 42.1 Å². The maximum absolute atomic E-state index is 14.0. The van der Waals surface area contributed by atoms with Crippen LogP contribution in [0.1, 0.15) is 107 Å². The number of fused-ring (bicyclic) bond motifs is 4. The van der Waals surface area contributed by atoms with Gasteiger partial charge in [-0.25, -0.2) is 9.97 Å². The van der Waals surface area contributed by atoms with Crippen LogP contribution in [0.4, 0.5) is 28.7 Å². The number of piperidine rings is 2. The Bertz CT molecular complexity index is 3200. The molecule has 73 heavy (non-hydrogen) atoms. The highest BCUT2D eigenvalue weighted by Crippen LogP contribution is 2.52. The van der Waals surface area contributed by atoms with E-state index in [9.17, 15) is 33.9 Å². The predicted octanol–water partition coefficient (Wildman–Crippen LogP) is 5.03. The van der Waals surface area contributed by atoms with Gasteiger partial charge < -0.3 is 29.4 Å². The molecule has 7 aliphatic rings. The lowest BCUT2D eigenvalue weighted by Crippen LogP contribution is -2.61. The van der Waals surface area contributed by atoms with E-state index >= 15 is 0 Å². The zero-order valence-corrected chi connectivity index (χ0v) is 41.8. The highest BCUT2D eigenvalue weighted by molar-refractivity contribution is 6.23. The van der Waals surface area contributed by atoms with E-state index in [0.29, 0.717) is 75.7 Å². The van der Waals surface area contributed by atoms with Crippen molar-refractivity contribution < 1.29 is 29.1 Å². The minimum absolute atomic E-state index is 0.0882. The lowest BCUT2D eigenvalue weighted by atomic mass is 9.60. The maximum atomic E-state index is 14.0. The number of rotatable bonds is 9. The third-order valence-corrected chi connectivity index (χ3v) is 17.0. The van der Waals surface area contributed by atoms with Gasteiger partial charge in [-0.2, -0.15) is 0 Å². The van der Waals surface area contributed by atoms with Gasteiger partial charge in [0.1, 0.15) is 17.6 Å². The number of aliphatic hydroxyl groups excluding tert-OH is 1. The van der Waals surface area contributed by atoms with Gasteiger partial charge in [-0.15, -0.1) is 0 Å². The van der Waals surface area contributed by atoms with E-state index in [0.717, 1.165) is 87.5 Å². The molecule has 2 atom stereocenters. The fourth-order valence-electron chi connectivity index (χ4n) is 13.1. The Labute approximate surface area is 423 Å². The molecule has 8 heterocycles. The van der Waals surface area contributed by atoms with Gasteiger partial charge in [0, 0.05) is 118 Å². The first-order valence-electron chi connectivity index (χ1n) is 25.8. The molecular formula is C55H61N11O7. The number of hydrogen-bond donors (Lipinski definition) is 3. The summed E-state index contributed by atoms with van der Waals surface area (Å²) in [6.45, 7) is 12.0. The fraction of sp³-hybridized carbons (Fsp3) is 0.455. The highest BCUT2D eigenvalue weighted by atomic mass is 16.3. The quantitative estimate of drug-likeness (QED) is 0.167. The number of carbonyl (C=O) groups is 5. The van der Waals surface area contributed by atoms with Crippen LogP contribution in [0.2, 0.25) is 0 Å². The first-order valence-corrected chi connectivity index (χ1v) is 25.8. The summed E-state index contributed by atoms with van der Waals surface area (Å²) in [5, 5.41) is 16.3. The second kappa shape index (κ2) is 17.5. The van der Waals surface area contributed by atoms with E-state index in [1.165, 1.54) is 15.8 Å². The molecule has 12 rings (SSSR count). The lowest BCUT2D eigenvalue weighted by molar-refractivity contribution is -0.136. The smallest absolute Gasteiger partial charge is 0.293 e. The number of imide groups is 2. The number of aliphatic hydroxyl groups is 1. The molecule has 1 saturated carbocycles. The molecule has 5 aromatic rings.